The van der Waals surface area contributed by atoms with Crippen molar-refractivity contribution in [1.29, 1.82) is 0 Å². The van der Waals surface area contributed by atoms with Gasteiger partial charge in [0.2, 0.25) is 5.88 Å². The monoisotopic (exact) mass is 280 g/mol. The lowest BCUT2D eigenvalue weighted by Crippen LogP contribution is -2.07. The zero-order chi connectivity index (χ0) is 13.8. The van der Waals surface area contributed by atoms with E-state index in [0.717, 1.165) is 0 Å². The fourth-order valence-corrected chi connectivity index (χ4v) is 1.74. The largest absolute Gasteiger partial charge is 0.481 e. The highest BCUT2D eigenvalue weighted by Crippen LogP contribution is 2.21. The molecular weight excluding hydrogens is 271 g/mol. The summed E-state index contributed by atoms with van der Waals surface area (Å²) in [7, 11) is 1.44. The van der Waals surface area contributed by atoms with Gasteiger partial charge >= 0.3 is 0 Å². The normalized spacial score (nSPS) is 10.3. The van der Waals surface area contributed by atoms with Crippen LogP contribution in [-0.2, 0) is 6.42 Å². The maximum Gasteiger partial charge on any atom is 0.216 e. The minimum atomic E-state index is -0.549. The van der Waals surface area contributed by atoms with Crippen LogP contribution in [0.2, 0.25) is 5.02 Å². The summed E-state index contributed by atoms with van der Waals surface area (Å²) in [4.78, 5) is 19.7. The van der Waals surface area contributed by atoms with Crippen LogP contribution in [0, 0.1) is 5.82 Å². The standard InChI is InChI=1S/C13H10ClFN2O2/c1-19-12-6-10(16-7-17-12)11(18)5-8-3-2-4-9(15)13(8)14/h2-4,6-7H,5H2,1H3. The van der Waals surface area contributed by atoms with Gasteiger partial charge in [-0.1, -0.05) is 23.7 Å². The second kappa shape index (κ2) is 5.75. The molecule has 0 N–H and O–H groups in total. The molecule has 2 aromatic rings. The Balaban J connectivity index is 2.23. The molecule has 6 heteroatoms. The fraction of sp³-hybridized carbons (Fsp3) is 0.154. The summed E-state index contributed by atoms with van der Waals surface area (Å²) in [5, 5.41) is -0.0446. The topological polar surface area (TPSA) is 52.1 Å². The van der Waals surface area contributed by atoms with E-state index in [9.17, 15) is 9.18 Å². The number of Topliss-reactive ketones (excluding diaryl/α,β-unsaturated/α-hetero) is 1. The van der Waals surface area contributed by atoms with Crippen LogP contribution in [0.5, 0.6) is 5.88 Å². The van der Waals surface area contributed by atoms with Gasteiger partial charge in [0.25, 0.3) is 0 Å². The summed E-state index contributed by atoms with van der Waals surface area (Å²) in [5.74, 6) is -0.538. The molecule has 0 aliphatic heterocycles. The predicted molar refractivity (Wildman–Crippen MR) is 68.0 cm³/mol. The Morgan fingerprint density at radius 1 is 1.42 bits per heavy atom. The molecule has 0 unspecified atom stereocenters. The van der Waals surface area contributed by atoms with Gasteiger partial charge in [-0.25, -0.2) is 14.4 Å². The molecule has 98 valence electrons. The third kappa shape index (κ3) is 3.06. The van der Waals surface area contributed by atoms with E-state index in [0.29, 0.717) is 11.4 Å². The number of hydrogen-bond acceptors (Lipinski definition) is 4. The van der Waals surface area contributed by atoms with Crippen LogP contribution in [0.3, 0.4) is 0 Å². The van der Waals surface area contributed by atoms with E-state index < -0.39 is 5.82 Å². The number of nitrogens with zero attached hydrogens (tertiary/aromatic N) is 2. The molecule has 0 bridgehead atoms. The molecule has 1 aromatic heterocycles. The molecule has 19 heavy (non-hydrogen) atoms. The van der Waals surface area contributed by atoms with Crippen molar-refractivity contribution in [3.63, 3.8) is 0 Å². The highest BCUT2D eigenvalue weighted by molar-refractivity contribution is 6.31. The molecule has 0 saturated heterocycles. The van der Waals surface area contributed by atoms with E-state index in [4.69, 9.17) is 16.3 Å². The van der Waals surface area contributed by atoms with E-state index in [2.05, 4.69) is 9.97 Å². The number of ether oxygens (including phenoxy) is 1. The number of carbonyl (C=O) groups is 1. The van der Waals surface area contributed by atoms with Gasteiger partial charge in [0.15, 0.2) is 5.78 Å². The first kappa shape index (κ1) is 13.4. The number of ketones is 1. The van der Waals surface area contributed by atoms with Crippen molar-refractivity contribution in [2.45, 2.75) is 6.42 Å². The molecule has 0 aliphatic carbocycles. The summed E-state index contributed by atoms with van der Waals surface area (Å²) in [6.07, 6.45) is 1.20. The average Bonchev–Trinajstić information content (AvgIpc) is 2.44. The Kier molecular flexibility index (Phi) is 4.06. The number of carbonyl (C=O) groups excluding carboxylic acids is 1. The first-order valence-corrected chi connectivity index (χ1v) is 5.81. The lowest BCUT2D eigenvalue weighted by molar-refractivity contribution is 0.0987. The zero-order valence-corrected chi connectivity index (χ0v) is 10.8. The quantitative estimate of drug-likeness (QED) is 0.808. The van der Waals surface area contributed by atoms with Gasteiger partial charge in [0.05, 0.1) is 12.1 Å². The number of hydrogen-bond donors (Lipinski definition) is 0. The first-order valence-electron chi connectivity index (χ1n) is 5.44. The first-order chi connectivity index (χ1) is 9.11. The van der Waals surface area contributed by atoms with Crippen molar-refractivity contribution in [2.75, 3.05) is 7.11 Å². The van der Waals surface area contributed by atoms with Crippen LogP contribution in [0.1, 0.15) is 16.1 Å². The Hall–Kier alpha value is -2.01. The Labute approximate surface area is 114 Å². The molecule has 0 spiro atoms. The van der Waals surface area contributed by atoms with E-state index in [1.807, 2.05) is 0 Å². The molecule has 4 nitrogen and oxygen atoms in total. The molecule has 0 aliphatic rings. The summed E-state index contributed by atoms with van der Waals surface area (Å²) >= 11 is 5.80. The maximum absolute atomic E-state index is 13.3. The van der Waals surface area contributed by atoms with Gasteiger partial charge in [-0.2, -0.15) is 0 Å². The van der Waals surface area contributed by atoms with E-state index in [1.165, 1.54) is 31.6 Å². The molecule has 0 amide bonds. The molecule has 2 rings (SSSR count). The SMILES string of the molecule is COc1cc(C(=O)Cc2cccc(F)c2Cl)ncn1. The molecule has 1 aromatic carbocycles. The van der Waals surface area contributed by atoms with Crippen molar-refractivity contribution in [3.8, 4) is 5.88 Å². The summed E-state index contributed by atoms with van der Waals surface area (Å²) in [6, 6.07) is 5.77. The van der Waals surface area contributed by atoms with Crippen LogP contribution in [0.15, 0.2) is 30.6 Å². The lowest BCUT2D eigenvalue weighted by atomic mass is 10.1. The summed E-state index contributed by atoms with van der Waals surface area (Å²) in [6.45, 7) is 0. The Bertz CT molecular complexity index is 619. The van der Waals surface area contributed by atoms with Crippen molar-refractivity contribution in [1.82, 2.24) is 9.97 Å². The van der Waals surface area contributed by atoms with Gasteiger partial charge in [-0.3, -0.25) is 4.79 Å². The summed E-state index contributed by atoms with van der Waals surface area (Å²) < 4.78 is 18.2. The van der Waals surface area contributed by atoms with Gasteiger partial charge in [-0.15, -0.1) is 0 Å². The molecule has 1 heterocycles. The van der Waals surface area contributed by atoms with Crippen molar-refractivity contribution in [3.05, 3.63) is 52.7 Å². The number of halogens is 2. The minimum Gasteiger partial charge on any atom is -0.481 e. The van der Waals surface area contributed by atoms with E-state index in [1.54, 1.807) is 6.07 Å². The highest BCUT2D eigenvalue weighted by atomic mass is 35.5. The smallest absolute Gasteiger partial charge is 0.216 e. The summed E-state index contributed by atoms with van der Waals surface area (Å²) in [5.41, 5.74) is 0.622. The van der Waals surface area contributed by atoms with Crippen LogP contribution >= 0.6 is 11.6 Å². The van der Waals surface area contributed by atoms with Gasteiger partial charge < -0.3 is 4.74 Å². The van der Waals surface area contributed by atoms with E-state index >= 15 is 0 Å². The zero-order valence-electron chi connectivity index (χ0n) is 10.1. The maximum atomic E-state index is 13.3. The number of rotatable bonds is 4. The van der Waals surface area contributed by atoms with Crippen molar-refractivity contribution in [2.24, 2.45) is 0 Å². The highest BCUT2D eigenvalue weighted by Gasteiger charge is 2.14. The number of aromatic nitrogens is 2. The molecule has 0 fully saturated rings. The third-order valence-corrected chi connectivity index (χ3v) is 2.94. The van der Waals surface area contributed by atoms with Crippen LogP contribution < -0.4 is 4.74 Å². The third-order valence-electron chi connectivity index (χ3n) is 2.52. The lowest BCUT2D eigenvalue weighted by Gasteiger charge is -2.05. The number of benzene rings is 1. The van der Waals surface area contributed by atoms with Crippen LogP contribution in [0.25, 0.3) is 0 Å². The van der Waals surface area contributed by atoms with Crippen LogP contribution in [0.4, 0.5) is 4.39 Å². The van der Waals surface area contributed by atoms with Crippen LogP contribution in [-0.4, -0.2) is 22.9 Å². The average molecular weight is 281 g/mol. The molecular formula is C13H10ClFN2O2. The van der Waals surface area contributed by atoms with Gasteiger partial charge in [-0.05, 0) is 11.6 Å². The molecule has 0 radical (unpaired) electrons. The second-order valence-electron chi connectivity index (χ2n) is 3.76. The number of methoxy groups -OCH3 is 1. The van der Waals surface area contributed by atoms with Gasteiger partial charge in [0.1, 0.15) is 17.8 Å². The van der Waals surface area contributed by atoms with Crippen molar-refractivity contribution < 1.29 is 13.9 Å². The second-order valence-corrected chi connectivity index (χ2v) is 4.14. The molecule has 0 saturated carbocycles. The Morgan fingerprint density at radius 2 is 2.21 bits per heavy atom. The van der Waals surface area contributed by atoms with Gasteiger partial charge in [0, 0.05) is 12.5 Å². The fourth-order valence-electron chi connectivity index (χ4n) is 1.55. The Morgan fingerprint density at radius 3 is 2.95 bits per heavy atom. The van der Waals surface area contributed by atoms with E-state index in [-0.39, 0.29) is 22.9 Å². The minimum absolute atomic E-state index is 0.0310. The van der Waals surface area contributed by atoms with Crippen molar-refractivity contribution >= 4 is 17.4 Å². The molecule has 0 atom stereocenters. The predicted octanol–water partition coefficient (Wildman–Crippen LogP) is 2.70.